The fraction of sp³-hybridized carbons (Fsp3) is 0.161. The number of aliphatic hydroxyl groups excluding tert-OH is 1. The molecule has 0 spiro atoms. The highest BCUT2D eigenvalue weighted by atomic mass is 19.1. The number of amides is 1. The SMILES string of the molecule is C=CC(=O)N[C@H](C)c1cc(-c2nc(-c3ccc4c(c3)ncn4C)c3occc3c2-c2c(F)cc(F)cc2OCCO)n[nH]1. The van der Waals surface area contributed by atoms with E-state index in [-0.39, 0.29) is 41.7 Å². The summed E-state index contributed by atoms with van der Waals surface area (Å²) in [5, 5.41) is 20.0. The summed E-state index contributed by atoms with van der Waals surface area (Å²) in [5.74, 6) is -2.24. The Hall–Kier alpha value is -5.36. The van der Waals surface area contributed by atoms with Gasteiger partial charge in [0.15, 0.2) is 5.58 Å². The lowest BCUT2D eigenvalue weighted by Crippen LogP contribution is -2.24. The highest BCUT2D eigenvalue weighted by molar-refractivity contribution is 6.07. The molecule has 2 aromatic carbocycles. The van der Waals surface area contributed by atoms with E-state index in [0.717, 1.165) is 29.2 Å². The number of carbonyl (C=O) groups is 1. The lowest BCUT2D eigenvalue weighted by atomic mass is 9.95. The Morgan fingerprint density at radius 1 is 1.21 bits per heavy atom. The third kappa shape index (κ3) is 5.01. The van der Waals surface area contributed by atoms with Gasteiger partial charge in [-0.1, -0.05) is 12.6 Å². The normalized spacial score (nSPS) is 12.1. The molecular formula is C31H26F2N6O4. The summed E-state index contributed by atoms with van der Waals surface area (Å²) in [4.78, 5) is 21.3. The van der Waals surface area contributed by atoms with Crippen molar-refractivity contribution in [2.75, 3.05) is 13.2 Å². The number of furan rings is 1. The minimum Gasteiger partial charge on any atom is -0.490 e. The van der Waals surface area contributed by atoms with Gasteiger partial charge in [0, 0.05) is 35.7 Å². The molecule has 12 heteroatoms. The van der Waals surface area contributed by atoms with E-state index in [2.05, 4.69) is 27.1 Å². The van der Waals surface area contributed by atoms with Crippen molar-refractivity contribution in [1.82, 2.24) is 30.0 Å². The number of aromatic nitrogens is 5. The van der Waals surface area contributed by atoms with Crippen molar-refractivity contribution in [3.05, 3.63) is 85.0 Å². The number of carbonyl (C=O) groups excluding carboxylic acids is 1. The van der Waals surface area contributed by atoms with Gasteiger partial charge in [-0.15, -0.1) is 0 Å². The summed E-state index contributed by atoms with van der Waals surface area (Å²) in [6, 6.07) is 10.4. The molecule has 0 fully saturated rings. The van der Waals surface area contributed by atoms with Crippen LogP contribution in [0.5, 0.6) is 5.75 Å². The van der Waals surface area contributed by atoms with Gasteiger partial charge in [0.05, 0.1) is 47.5 Å². The first-order chi connectivity index (χ1) is 20.8. The van der Waals surface area contributed by atoms with E-state index >= 15 is 4.39 Å². The Labute approximate surface area is 243 Å². The van der Waals surface area contributed by atoms with E-state index in [1.165, 1.54) is 6.26 Å². The number of hydrogen-bond acceptors (Lipinski definition) is 7. The smallest absolute Gasteiger partial charge is 0.243 e. The molecule has 6 rings (SSSR count). The maximum atomic E-state index is 15.7. The molecule has 4 aromatic heterocycles. The first-order valence-electron chi connectivity index (χ1n) is 13.3. The quantitative estimate of drug-likeness (QED) is 0.193. The van der Waals surface area contributed by atoms with E-state index in [1.54, 1.807) is 25.4 Å². The fourth-order valence-corrected chi connectivity index (χ4v) is 5.04. The van der Waals surface area contributed by atoms with Crippen molar-refractivity contribution in [2.45, 2.75) is 13.0 Å². The predicted molar refractivity (Wildman–Crippen MR) is 156 cm³/mol. The van der Waals surface area contributed by atoms with Crippen LogP contribution in [0.2, 0.25) is 0 Å². The van der Waals surface area contributed by atoms with Crippen LogP contribution < -0.4 is 10.1 Å². The minimum absolute atomic E-state index is 0.0759. The summed E-state index contributed by atoms with van der Waals surface area (Å²) in [6.07, 6.45) is 4.33. The molecular weight excluding hydrogens is 558 g/mol. The molecule has 0 saturated carbocycles. The zero-order valence-corrected chi connectivity index (χ0v) is 23.2. The van der Waals surface area contributed by atoms with Gasteiger partial charge >= 0.3 is 0 Å². The molecule has 0 aliphatic carbocycles. The Morgan fingerprint density at radius 2 is 2.05 bits per heavy atom. The number of H-pyrrole nitrogens is 1. The van der Waals surface area contributed by atoms with Gasteiger partial charge in [0.2, 0.25) is 5.91 Å². The molecule has 0 bridgehead atoms. The van der Waals surface area contributed by atoms with E-state index in [1.807, 2.05) is 29.8 Å². The molecule has 0 aliphatic heterocycles. The highest BCUT2D eigenvalue weighted by Crippen LogP contribution is 2.45. The van der Waals surface area contributed by atoms with Crippen LogP contribution in [-0.2, 0) is 11.8 Å². The van der Waals surface area contributed by atoms with Crippen LogP contribution in [0.25, 0.3) is 55.8 Å². The standard InChI is InChI=1S/C31H26F2N6O4/c1-4-26(41)35-16(2)21-14-23(38-37-21)30-27(28-20(33)12-18(32)13-25(28)42-10-8-40)19-7-9-43-31(19)29(36-30)17-5-6-24-22(11-17)34-15-39(24)3/h4-7,9,11-16,40H,1,8,10H2,2-3H3,(H,35,41)(H,37,38)/t16-/m1/s1. The van der Waals surface area contributed by atoms with Gasteiger partial charge in [-0.3, -0.25) is 9.89 Å². The second-order valence-electron chi connectivity index (χ2n) is 9.88. The van der Waals surface area contributed by atoms with Gasteiger partial charge in [-0.05, 0) is 37.3 Å². The van der Waals surface area contributed by atoms with Crippen molar-refractivity contribution in [3.63, 3.8) is 0 Å². The third-order valence-corrected chi connectivity index (χ3v) is 7.08. The number of fused-ring (bicyclic) bond motifs is 2. The molecule has 0 radical (unpaired) electrons. The summed E-state index contributed by atoms with van der Waals surface area (Å²) in [7, 11) is 1.90. The van der Waals surface area contributed by atoms with Crippen molar-refractivity contribution in [1.29, 1.82) is 0 Å². The van der Waals surface area contributed by atoms with Gasteiger partial charge in [-0.2, -0.15) is 5.10 Å². The fourth-order valence-electron chi connectivity index (χ4n) is 5.04. The summed E-state index contributed by atoms with van der Waals surface area (Å²) in [6.45, 7) is 4.69. The number of nitrogens with zero attached hydrogens (tertiary/aromatic N) is 4. The molecule has 0 unspecified atom stereocenters. The number of ether oxygens (including phenoxy) is 1. The van der Waals surface area contributed by atoms with Crippen LogP contribution >= 0.6 is 0 Å². The van der Waals surface area contributed by atoms with Crippen LogP contribution in [0.4, 0.5) is 8.78 Å². The van der Waals surface area contributed by atoms with Crippen molar-refractivity contribution in [3.8, 4) is 39.5 Å². The Morgan fingerprint density at radius 3 is 2.84 bits per heavy atom. The number of nitrogens with one attached hydrogen (secondary N) is 2. The summed E-state index contributed by atoms with van der Waals surface area (Å²) >= 11 is 0. The largest absolute Gasteiger partial charge is 0.490 e. The molecule has 218 valence electrons. The number of aryl methyl sites for hydroxylation is 1. The Bertz CT molecular complexity index is 2010. The molecule has 6 aromatic rings. The average Bonchev–Trinajstić information content (AvgIpc) is 3.76. The van der Waals surface area contributed by atoms with Crippen molar-refractivity contribution >= 4 is 27.9 Å². The number of aliphatic hydroxyl groups is 1. The lowest BCUT2D eigenvalue weighted by Gasteiger charge is -2.17. The van der Waals surface area contributed by atoms with Crippen LogP contribution in [0.1, 0.15) is 18.7 Å². The summed E-state index contributed by atoms with van der Waals surface area (Å²) < 4.78 is 43.5. The van der Waals surface area contributed by atoms with Crippen LogP contribution in [0.3, 0.4) is 0 Å². The van der Waals surface area contributed by atoms with Crippen LogP contribution in [0.15, 0.2) is 72.1 Å². The number of benzene rings is 2. The topological polar surface area (TPSA) is 131 Å². The number of hydrogen-bond donors (Lipinski definition) is 3. The van der Waals surface area contributed by atoms with Crippen LogP contribution in [-0.4, -0.2) is 49.0 Å². The Kier molecular flexibility index (Phi) is 7.20. The molecule has 0 aliphatic rings. The Balaban J connectivity index is 1.63. The molecule has 4 heterocycles. The number of pyridine rings is 1. The average molecular weight is 585 g/mol. The van der Waals surface area contributed by atoms with E-state index in [4.69, 9.17) is 14.1 Å². The first kappa shape index (κ1) is 27.8. The second-order valence-corrected chi connectivity index (χ2v) is 9.88. The molecule has 1 amide bonds. The monoisotopic (exact) mass is 584 g/mol. The maximum absolute atomic E-state index is 15.7. The van der Waals surface area contributed by atoms with Gasteiger partial charge in [0.25, 0.3) is 0 Å². The molecule has 43 heavy (non-hydrogen) atoms. The molecule has 1 atom stereocenters. The highest BCUT2D eigenvalue weighted by Gasteiger charge is 2.27. The maximum Gasteiger partial charge on any atom is 0.243 e. The third-order valence-electron chi connectivity index (χ3n) is 7.08. The molecule has 10 nitrogen and oxygen atoms in total. The number of halogens is 2. The van der Waals surface area contributed by atoms with E-state index in [0.29, 0.717) is 33.6 Å². The molecule has 3 N–H and O–H groups in total. The van der Waals surface area contributed by atoms with Gasteiger partial charge in [-0.25, -0.2) is 18.7 Å². The number of rotatable bonds is 9. The second kappa shape index (κ2) is 11.1. The summed E-state index contributed by atoms with van der Waals surface area (Å²) in [5.41, 5.74) is 4.45. The predicted octanol–water partition coefficient (Wildman–Crippen LogP) is 5.45. The zero-order valence-electron chi connectivity index (χ0n) is 23.2. The molecule has 0 saturated heterocycles. The number of aromatic amines is 1. The number of imidazole rings is 1. The lowest BCUT2D eigenvalue weighted by molar-refractivity contribution is -0.117. The van der Waals surface area contributed by atoms with Crippen LogP contribution in [0, 0.1) is 11.6 Å². The van der Waals surface area contributed by atoms with E-state index < -0.39 is 17.7 Å². The van der Waals surface area contributed by atoms with E-state index in [9.17, 15) is 14.3 Å². The minimum atomic E-state index is -0.900. The van der Waals surface area contributed by atoms with Crippen molar-refractivity contribution in [2.24, 2.45) is 7.05 Å². The zero-order chi connectivity index (χ0) is 30.2. The van der Waals surface area contributed by atoms with Gasteiger partial charge in [0.1, 0.15) is 41.1 Å². The first-order valence-corrected chi connectivity index (χ1v) is 13.3. The van der Waals surface area contributed by atoms with Gasteiger partial charge < -0.3 is 24.1 Å². The van der Waals surface area contributed by atoms with Crippen molar-refractivity contribution < 1.29 is 27.8 Å².